The number of carbonyl (C=O) groups excluding carboxylic acids is 2. The summed E-state index contributed by atoms with van der Waals surface area (Å²) in [6, 6.07) is 0. The predicted octanol–water partition coefficient (Wildman–Crippen LogP) is 0.482. The quantitative estimate of drug-likeness (QED) is 0.643. The second-order valence-corrected chi connectivity index (χ2v) is 3.91. The van der Waals surface area contributed by atoms with Crippen molar-refractivity contribution in [1.82, 2.24) is 5.32 Å². The summed E-state index contributed by atoms with van der Waals surface area (Å²) < 4.78 is 9.75. The average molecular weight is 229 g/mol. The Kier molecular flexibility index (Phi) is 4.73. The number of carbonyl (C=O) groups is 2. The van der Waals surface area contributed by atoms with E-state index >= 15 is 0 Å². The fraction of sp³-hybridized carbons (Fsp3) is 0.818. The molecule has 1 aliphatic rings. The second-order valence-electron chi connectivity index (χ2n) is 3.91. The van der Waals surface area contributed by atoms with Gasteiger partial charge < -0.3 is 14.8 Å². The van der Waals surface area contributed by atoms with E-state index in [1.54, 1.807) is 13.8 Å². The number of rotatable bonds is 7. The lowest BCUT2D eigenvalue weighted by molar-refractivity contribution is -0.150. The van der Waals surface area contributed by atoms with E-state index in [1.165, 1.54) is 0 Å². The van der Waals surface area contributed by atoms with E-state index in [4.69, 9.17) is 9.47 Å². The molecule has 1 rings (SSSR count). The summed E-state index contributed by atoms with van der Waals surface area (Å²) in [5.41, 5.74) is -0.386. The minimum Gasteiger partial charge on any atom is -0.466 e. The summed E-state index contributed by atoms with van der Waals surface area (Å²) in [6.07, 6.45) is 1.67. The molecule has 0 spiro atoms. The summed E-state index contributed by atoms with van der Waals surface area (Å²) in [4.78, 5) is 22.6. The van der Waals surface area contributed by atoms with Gasteiger partial charge in [0.1, 0.15) is 0 Å². The Balaban J connectivity index is 2.22. The lowest BCUT2D eigenvalue weighted by Crippen LogP contribution is -2.35. The molecule has 0 saturated heterocycles. The van der Waals surface area contributed by atoms with Crippen molar-refractivity contribution in [2.45, 2.75) is 26.7 Å². The molecule has 1 saturated carbocycles. The first-order chi connectivity index (χ1) is 7.64. The van der Waals surface area contributed by atoms with Crippen molar-refractivity contribution < 1.29 is 19.1 Å². The van der Waals surface area contributed by atoms with Crippen LogP contribution in [-0.2, 0) is 19.1 Å². The van der Waals surface area contributed by atoms with Crippen LogP contribution >= 0.6 is 0 Å². The van der Waals surface area contributed by atoms with Crippen molar-refractivity contribution in [3.63, 3.8) is 0 Å². The van der Waals surface area contributed by atoms with Crippen molar-refractivity contribution in [1.29, 1.82) is 0 Å². The molecule has 1 aliphatic carbocycles. The molecule has 5 nitrogen and oxygen atoms in total. The van der Waals surface area contributed by atoms with Gasteiger partial charge in [-0.25, -0.2) is 0 Å². The van der Waals surface area contributed by atoms with Crippen LogP contribution in [0.1, 0.15) is 26.7 Å². The maximum absolute atomic E-state index is 11.6. The molecule has 92 valence electrons. The van der Waals surface area contributed by atoms with Gasteiger partial charge in [-0.2, -0.15) is 0 Å². The summed E-state index contributed by atoms with van der Waals surface area (Å²) in [5.74, 6) is -0.450. The van der Waals surface area contributed by atoms with E-state index in [-0.39, 0.29) is 23.9 Å². The zero-order valence-electron chi connectivity index (χ0n) is 9.88. The molecular weight excluding hydrogens is 210 g/mol. The highest BCUT2D eigenvalue weighted by Gasteiger charge is 2.50. The highest BCUT2D eigenvalue weighted by Crippen LogP contribution is 2.46. The minimum atomic E-state index is -0.386. The average Bonchev–Trinajstić information content (AvgIpc) is 3.00. The van der Waals surface area contributed by atoms with Crippen molar-refractivity contribution in [2.75, 3.05) is 26.3 Å². The van der Waals surface area contributed by atoms with Gasteiger partial charge in [0.2, 0.25) is 0 Å². The smallest absolute Gasteiger partial charge is 0.319 e. The topological polar surface area (TPSA) is 64.6 Å². The Labute approximate surface area is 95.5 Å². The molecule has 5 heteroatoms. The number of nitrogens with one attached hydrogen (secondary N) is 1. The first-order valence-electron chi connectivity index (χ1n) is 5.68. The molecule has 0 radical (unpaired) electrons. The highest BCUT2D eigenvalue weighted by atomic mass is 16.5. The zero-order chi connectivity index (χ0) is 12.0. The van der Waals surface area contributed by atoms with Crippen molar-refractivity contribution in [3.05, 3.63) is 0 Å². The SMILES string of the molecule is CCOC(=O)CNCC1(C(=O)OCC)CC1. The largest absolute Gasteiger partial charge is 0.466 e. The monoisotopic (exact) mass is 229 g/mol. The van der Waals surface area contributed by atoms with Crippen LogP contribution in [0.15, 0.2) is 0 Å². The summed E-state index contributed by atoms with van der Waals surface area (Å²) in [6.45, 7) is 4.97. The Morgan fingerprint density at radius 3 is 2.31 bits per heavy atom. The van der Waals surface area contributed by atoms with E-state index in [0.717, 1.165) is 12.8 Å². The van der Waals surface area contributed by atoms with Gasteiger partial charge in [-0.05, 0) is 26.7 Å². The molecule has 1 N–H and O–H groups in total. The first kappa shape index (κ1) is 13.0. The minimum absolute atomic E-state index is 0.148. The van der Waals surface area contributed by atoms with E-state index in [9.17, 15) is 9.59 Å². The standard InChI is InChI=1S/C11H19NO4/c1-3-15-9(13)7-12-8-11(5-6-11)10(14)16-4-2/h12H,3-8H2,1-2H3. The van der Waals surface area contributed by atoms with Crippen LogP contribution in [0.5, 0.6) is 0 Å². The molecule has 16 heavy (non-hydrogen) atoms. The zero-order valence-corrected chi connectivity index (χ0v) is 9.88. The molecule has 0 aliphatic heterocycles. The first-order valence-corrected chi connectivity index (χ1v) is 5.68. The fourth-order valence-electron chi connectivity index (χ4n) is 1.50. The third kappa shape index (κ3) is 3.48. The van der Waals surface area contributed by atoms with Gasteiger partial charge >= 0.3 is 11.9 Å². The van der Waals surface area contributed by atoms with Crippen molar-refractivity contribution >= 4 is 11.9 Å². The summed E-state index contributed by atoms with van der Waals surface area (Å²) in [5, 5.41) is 2.94. The third-order valence-corrected chi connectivity index (χ3v) is 2.60. The number of hydrogen-bond acceptors (Lipinski definition) is 5. The number of ether oxygens (including phenoxy) is 2. The Hall–Kier alpha value is -1.10. The molecule has 0 amide bonds. The molecular formula is C11H19NO4. The van der Waals surface area contributed by atoms with Crippen LogP contribution in [0, 0.1) is 5.41 Å². The van der Waals surface area contributed by atoms with Gasteiger partial charge in [0.05, 0.1) is 25.2 Å². The lowest BCUT2D eigenvalue weighted by Gasteiger charge is -2.13. The Bertz CT molecular complexity index is 261. The highest BCUT2D eigenvalue weighted by molar-refractivity contribution is 5.80. The molecule has 0 heterocycles. The van der Waals surface area contributed by atoms with Gasteiger partial charge in [-0.1, -0.05) is 0 Å². The summed E-state index contributed by atoms with van der Waals surface area (Å²) >= 11 is 0. The fourth-order valence-corrected chi connectivity index (χ4v) is 1.50. The summed E-state index contributed by atoms with van der Waals surface area (Å²) in [7, 11) is 0. The number of esters is 2. The van der Waals surface area contributed by atoms with Gasteiger partial charge in [0.25, 0.3) is 0 Å². The molecule has 0 aromatic carbocycles. The molecule has 0 aromatic heterocycles. The maximum Gasteiger partial charge on any atom is 0.319 e. The van der Waals surface area contributed by atoms with Crippen molar-refractivity contribution in [2.24, 2.45) is 5.41 Å². The van der Waals surface area contributed by atoms with Crippen LogP contribution in [0.3, 0.4) is 0 Å². The van der Waals surface area contributed by atoms with Crippen LogP contribution in [0.4, 0.5) is 0 Å². The molecule has 0 bridgehead atoms. The molecule has 1 fully saturated rings. The maximum atomic E-state index is 11.6. The third-order valence-electron chi connectivity index (χ3n) is 2.60. The van der Waals surface area contributed by atoms with E-state index in [1.807, 2.05) is 0 Å². The lowest BCUT2D eigenvalue weighted by atomic mass is 10.1. The molecule has 0 atom stereocenters. The van der Waals surface area contributed by atoms with Crippen LogP contribution in [0.2, 0.25) is 0 Å². The predicted molar refractivity (Wildman–Crippen MR) is 57.8 cm³/mol. The van der Waals surface area contributed by atoms with Crippen LogP contribution in [0.25, 0.3) is 0 Å². The van der Waals surface area contributed by atoms with E-state index < -0.39 is 0 Å². The van der Waals surface area contributed by atoms with Gasteiger partial charge in [-0.15, -0.1) is 0 Å². The molecule has 0 unspecified atom stereocenters. The number of hydrogen-bond donors (Lipinski definition) is 1. The van der Waals surface area contributed by atoms with Crippen LogP contribution < -0.4 is 5.32 Å². The van der Waals surface area contributed by atoms with Gasteiger partial charge in [0.15, 0.2) is 0 Å². The van der Waals surface area contributed by atoms with E-state index in [2.05, 4.69) is 5.32 Å². The molecule has 0 aromatic rings. The van der Waals surface area contributed by atoms with Crippen molar-refractivity contribution in [3.8, 4) is 0 Å². The normalized spacial score (nSPS) is 16.6. The second kappa shape index (κ2) is 5.84. The van der Waals surface area contributed by atoms with Gasteiger partial charge in [0, 0.05) is 6.54 Å². The Morgan fingerprint density at radius 1 is 1.19 bits per heavy atom. The Morgan fingerprint density at radius 2 is 1.81 bits per heavy atom. The van der Waals surface area contributed by atoms with Crippen LogP contribution in [-0.4, -0.2) is 38.2 Å². The van der Waals surface area contributed by atoms with E-state index in [0.29, 0.717) is 19.8 Å². The van der Waals surface area contributed by atoms with Gasteiger partial charge in [-0.3, -0.25) is 9.59 Å².